The number of amides is 1. The number of benzene rings is 2. The molecular weight excluding hydrogens is 431 g/mol. The van der Waals surface area contributed by atoms with Gasteiger partial charge in [-0.15, -0.1) is 10.2 Å². The van der Waals surface area contributed by atoms with Crippen LogP contribution in [0.1, 0.15) is 10.4 Å². The van der Waals surface area contributed by atoms with Crippen LogP contribution in [-0.2, 0) is 0 Å². The van der Waals surface area contributed by atoms with Crippen LogP contribution in [0.4, 0.5) is 5.82 Å². The first-order valence-electron chi connectivity index (χ1n) is 9.11. The topological polar surface area (TPSA) is 49.3 Å². The second-order valence-electron chi connectivity index (χ2n) is 6.66. The standard InChI is InChI=1S/C21H17Cl3N4O/c22-14-5-6-15(18(24)13-14)19-7-8-20(26-25-19)27-9-11-28(12-10-27)21(29)16-3-1-2-4-17(16)23/h1-8,13H,9-12H2. The Morgan fingerprint density at radius 2 is 1.59 bits per heavy atom. The van der Waals surface area contributed by atoms with Gasteiger partial charge in [-0.25, -0.2) is 0 Å². The molecule has 4 rings (SSSR count). The normalized spacial score (nSPS) is 14.2. The summed E-state index contributed by atoms with van der Waals surface area (Å²) in [6.45, 7) is 2.53. The molecule has 1 aliphatic rings. The molecule has 1 saturated heterocycles. The van der Waals surface area contributed by atoms with Crippen molar-refractivity contribution in [1.29, 1.82) is 0 Å². The van der Waals surface area contributed by atoms with Gasteiger partial charge in [-0.2, -0.15) is 0 Å². The molecule has 0 spiro atoms. The number of carbonyl (C=O) groups excluding carboxylic acids is 1. The number of carbonyl (C=O) groups is 1. The molecule has 0 bridgehead atoms. The first-order valence-corrected chi connectivity index (χ1v) is 10.2. The fourth-order valence-electron chi connectivity index (χ4n) is 3.28. The van der Waals surface area contributed by atoms with Crippen LogP contribution in [0.5, 0.6) is 0 Å². The quantitative estimate of drug-likeness (QED) is 0.563. The van der Waals surface area contributed by atoms with E-state index in [9.17, 15) is 4.79 Å². The zero-order valence-corrected chi connectivity index (χ0v) is 17.6. The molecule has 1 amide bonds. The minimum absolute atomic E-state index is 0.0472. The summed E-state index contributed by atoms with van der Waals surface area (Å²) in [6.07, 6.45) is 0. The Hall–Kier alpha value is -2.34. The Labute approximate surface area is 183 Å². The predicted octanol–water partition coefficient (Wildman–Crippen LogP) is 5.07. The van der Waals surface area contributed by atoms with Crippen molar-refractivity contribution in [2.24, 2.45) is 0 Å². The van der Waals surface area contributed by atoms with Crippen LogP contribution in [0.15, 0.2) is 54.6 Å². The molecule has 3 aromatic rings. The highest BCUT2D eigenvalue weighted by molar-refractivity contribution is 6.36. The van der Waals surface area contributed by atoms with Gasteiger partial charge in [0.15, 0.2) is 5.82 Å². The maximum absolute atomic E-state index is 12.7. The summed E-state index contributed by atoms with van der Waals surface area (Å²) in [5.74, 6) is 0.720. The summed E-state index contributed by atoms with van der Waals surface area (Å²) >= 11 is 18.4. The van der Waals surface area contributed by atoms with Crippen LogP contribution < -0.4 is 4.90 Å². The number of hydrogen-bond acceptors (Lipinski definition) is 4. The summed E-state index contributed by atoms with van der Waals surface area (Å²) in [5.41, 5.74) is 2.00. The summed E-state index contributed by atoms with van der Waals surface area (Å²) in [6, 6.07) is 16.2. The summed E-state index contributed by atoms with van der Waals surface area (Å²) < 4.78 is 0. The lowest BCUT2D eigenvalue weighted by Gasteiger charge is -2.35. The molecule has 1 aromatic heterocycles. The van der Waals surface area contributed by atoms with Gasteiger partial charge in [-0.1, -0.05) is 46.9 Å². The highest BCUT2D eigenvalue weighted by Crippen LogP contribution is 2.29. The molecule has 0 aliphatic carbocycles. The SMILES string of the molecule is O=C(c1ccccc1Cl)N1CCN(c2ccc(-c3ccc(Cl)cc3Cl)nn2)CC1. The van der Waals surface area contributed by atoms with Crippen LogP contribution in [0.3, 0.4) is 0 Å². The molecular formula is C21H17Cl3N4O. The number of rotatable bonds is 3. The van der Waals surface area contributed by atoms with Gasteiger partial charge < -0.3 is 9.80 Å². The number of piperazine rings is 1. The van der Waals surface area contributed by atoms with Crippen LogP contribution in [0, 0.1) is 0 Å². The van der Waals surface area contributed by atoms with Crippen molar-refractivity contribution in [3.05, 3.63) is 75.2 Å². The number of hydrogen-bond donors (Lipinski definition) is 0. The van der Waals surface area contributed by atoms with Crippen molar-refractivity contribution >= 4 is 46.5 Å². The molecule has 1 aliphatic heterocycles. The van der Waals surface area contributed by atoms with Gasteiger partial charge in [0, 0.05) is 36.8 Å². The van der Waals surface area contributed by atoms with E-state index in [1.165, 1.54) is 0 Å². The van der Waals surface area contributed by atoms with E-state index < -0.39 is 0 Å². The molecule has 0 unspecified atom stereocenters. The van der Waals surface area contributed by atoms with E-state index >= 15 is 0 Å². The minimum atomic E-state index is -0.0472. The molecule has 2 aromatic carbocycles. The van der Waals surface area contributed by atoms with Crippen LogP contribution >= 0.6 is 34.8 Å². The third-order valence-electron chi connectivity index (χ3n) is 4.85. The van der Waals surface area contributed by atoms with Crippen molar-refractivity contribution in [3.63, 3.8) is 0 Å². The fraction of sp³-hybridized carbons (Fsp3) is 0.190. The van der Waals surface area contributed by atoms with Crippen molar-refractivity contribution in [2.45, 2.75) is 0 Å². The van der Waals surface area contributed by atoms with Gasteiger partial charge in [0.2, 0.25) is 0 Å². The van der Waals surface area contributed by atoms with Gasteiger partial charge in [-0.3, -0.25) is 4.79 Å². The van der Waals surface area contributed by atoms with E-state index in [1.807, 2.05) is 35.2 Å². The Balaban J connectivity index is 1.42. The third kappa shape index (κ3) is 4.32. The Bertz CT molecular complexity index is 1030. The van der Waals surface area contributed by atoms with Crippen LogP contribution in [0.2, 0.25) is 15.1 Å². The van der Waals surface area contributed by atoms with Gasteiger partial charge in [0.25, 0.3) is 5.91 Å². The minimum Gasteiger partial charge on any atom is -0.352 e. The van der Waals surface area contributed by atoms with Crippen molar-refractivity contribution in [1.82, 2.24) is 15.1 Å². The molecule has 0 N–H and O–H groups in total. The van der Waals surface area contributed by atoms with Gasteiger partial charge in [0.1, 0.15) is 0 Å². The molecule has 29 heavy (non-hydrogen) atoms. The van der Waals surface area contributed by atoms with Crippen molar-refractivity contribution in [3.8, 4) is 11.3 Å². The van der Waals surface area contributed by atoms with E-state index in [0.717, 1.165) is 11.4 Å². The van der Waals surface area contributed by atoms with Crippen LogP contribution in [-0.4, -0.2) is 47.2 Å². The maximum Gasteiger partial charge on any atom is 0.255 e. The largest absolute Gasteiger partial charge is 0.352 e. The molecule has 5 nitrogen and oxygen atoms in total. The number of aromatic nitrogens is 2. The number of halogens is 3. The molecule has 8 heteroatoms. The summed E-state index contributed by atoms with van der Waals surface area (Å²) in [7, 11) is 0. The number of anilines is 1. The highest BCUT2D eigenvalue weighted by Gasteiger charge is 2.24. The van der Waals surface area contributed by atoms with E-state index in [-0.39, 0.29) is 5.91 Å². The first kappa shape index (κ1) is 20.0. The summed E-state index contributed by atoms with van der Waals surface area (Å²) in [5, 5.41) is 10.2. The van der Waals surface area contributed by atoms with E-state index in [4.69, 9.17) is 34.8 Å². The molecule has 0 radical (unpaired) electrons. The molecule has 148 valence electrons. The lowest BCUT2D eigenvalue weighted by atomic mass is 10.1. The maximum atomic E-state index is 12.7. The molecule has 2 heterocycles. The molecule has 0 saturated carbocycles. The highest BCUT2D eigenvalue weighted by atomic mass is 35.5. The zero-order valence-electron chi connectivity index (χ0n) is 15.4. The lowest BCUT2D eigenvalue weighted by Crippen LogP contribution is -2.49. The Morgan fingerprint density at radius 1 is 0.828 bits per heavy atom. The van der Waals surface area contributed by atoms with Gasteiger partial charge in [-0.05, 0) is 42.5 Å². The Morgan fingerprint density at radius 3 is 2.24 bits per heavy atom. The smallest absolute Gasteiger partial charge is 0.255 e. The third-order valence-corrected chi connectivity index (χ3v) is 5.73. The fourth-order valence-corrected chi connectivity index (χ4v) is 4.00. The second kappa shape index (κ2) is 8.57. The van der Waals surface area contributed by atoms with E-state index in [2.05, 4.69) is 15.1 Å². The number of nitrogens with zero attached hydrogens (tertiary/aromatic N) is 4. The second-order valence-corrected chi connectivity index (χ2v) is 7.91. The van der Waals surface area contributed by atoms with Crippen molar-refractivity contribution < 1.29 is 4.79 Å². The average Bonchev–Trinajstić information content (AvgIpc) is 2.74. The zero-order chi connectivity index (χ0) is 20.4. The lowest BCUT2D eigenvalue weighted by molar-refractivity contribution is 0.0746. The predicted molar refractivity (Wildman–Crippen MR) is 117 cm³/mol. The van der Waals surface area contributed by atoms with Crippen LogP contribution in [0.25, 0.3) is 11.3 Å². The van der Waals surface area contributed by atoms with E-state index in [1.54, 1.807) is 24.3 Å². The van der Waals surface area contributed by atoms with E-state index in [0.29, 0.717) is 52.5 Å². The average molecular weight is 448 g/mol. The summed E-state index contributed by atoms with van der Waals surface area (Å²) in [4.78, 5) is 16.6. The molecule has 1 fully saturated rings. The van der Waals surface area contributed by atoms with Gasteiger partial charge in [0.05, 0.1) is 21.3 Å². The van der Waals surface area contributed by atoms with Crippen molar-refractivity contribution in [2.75, 3.05) is 31.1 Å². The Kier molecular flexibility index (Phi) is 5.90. The monoisotopic (exact) mass is 446 g/mol. The first-order chi connectivity index (χ1) is 14.0. The molecule has 0 atom stereocenters. The van der Waals surface area contributed by atoms with Gasteiger partial charge >= 0.3 is 0 Å².